The van der Waals surface area contributed by atoms with Crippen LogP contribution >= 0.6 is 0 Å². The van der Waals surface area contributed by atoms with E-state index in [0.29, 0.717) is 55.4 Å². The Morgan fingerprint density at radius 3 is 2.28 bits per heavy atom. The van der Waals surface area contributed by atoms with Gasteiger partial charge in [0.15, 0.2) is 0 Å². The molecule has 1 aromatic carbocycles. The Hall–Kier alpha value is -3.94. The highest BCUT2D eigenvalue weighted by Gasteiger charge is 2.23. The largest absolute Gasteiger partial charge is 0.462 e. The number of amides is 1. The van der Waals surface area contributed by atoms with Gasteiger partial charge >= 0.3 is 5.97 Å². The minimum atomic E-state index is -0.376. The molecule has 1 aliphatic heterocycles. The van der Waals surface area contributed by atoms with Gasteiger partial charge in [0.2, 0.25) is 0 Å². The van der Waals surface area contributed by atoms with Crippen LogP contribution in [0.2, 0.25) is 0 Å². The molecule has 3 heterocycles. The lowest BCUT2D eigenvalue weighted by molar-refractivity contribution is 0.0525. The van der Waals surface area contributed by atoms with Gasteiger partial charge in [-0.15, -0.1) is 0 Å². The van der Waals surface area contributed by atoms with Crippen LogP contribution in [0.4, 0.5) is 5.82 Å². The Balaban J connectivity index is 1.32. The molecule has 0 aliphatic carbocycles. The Morgan fingerprint density at radius 2 is 1.66 bits per heavy atom. The number of aromatic nitrogens is 2. The van der Waals surface area contributed by atoms with Crippen molar-refractivity contribution < 1.29 is 19.1 Å². The first-order valence-corrected chi connectivity index (χ1v) is 10.5. The molecule has 1 fully saturated rings. The molecule has 8 nitrogen and oxygen atoms in total. The summed E-state index contributed by atoms with van der Waals surface area (Å²) in [6, 6.07) is 14.3. The van der Waals surface area contributed by atoms with Crippen molar-refractivity contribution in [3.8, 4) is 11.5 Å². The van der Waals surface area contributed by atoms with Crippen molar-refractivity contribution >= 4 is 17.7 Å². The lowest BCUT2D eigenvalue weighted by atomic mass is 10.1. The summed E-state index contributed by atoms with van der Waals surface area (Å²) in [5, 5.41) is 0. The van der Waals surface area contributed by atoms with E-state index in [2.05, 4.69) is 14.9 Å². The molecule has 4 rings (SSSR count). The lowest BCUT2D eigenvalue weighted by Gasteiger charge is -2.35. The van der Waals surface area contributed by atoms with Crippen LogP contribution in [0.1, 0.15) is 27.6 Å². The first-order chi connectivity index (χ1) is 15.6. The molecule has 0 N–H and O–H groups in total. The van der Waals surface area contributed by atoms with Crippen LogP contribution in [-0.2, 0) is 4.74 Å². The maximum Gasteiger partial charge on any atom is 0.339 e. The van der Waals surface area contributed by atoms with E-state index in [-0.39, 0.29) is 11.9 Å². The van der Waals surface area contributed by atoms with Gasteiger partial charge in [0.05, 0.1) is 18.4 Å². The number of rotatable bonds is 6. The highest BCUT2D eigenvalue weighted by atomic mass is 16.5. The van der Waals surface area contributed by atoms with Crippen molar-refractivity contribution in [2.45, 2.75) is 6.92 Å². The maximum absolute atomic E-state index is 12.9. The number of hydrogen-bond donors (Lipinski definition) is 0. The predicted octanol–water partition coefficient (Wildman–Crippen LogP) is 3.41. The second kappa shape index (κ2) is 9.91. The standard InChI is InChI=1S/C24H24N4O4/c1-2-31-24(30)19-7-10-22(26-16-19)27-12-14-28(15-13-27)23(29)18-5-8-20(9-6-18)32-21-4-3-11-25-17-21/h3-11,16-17H,2,12-15H2,1H3. The van der Waals surface area contributed by atoms with Crippen LogP contribution in [-0.4, -0.2) is 59.5 Å². The summed E-state index contributed by atoms with van der Waals surface area (Å²) in [4.78, 5) is 37.0. The van der Waals surface area contributed by atoms with E-state index in [1.165, 1.54) is 6.20 Å². The number of benzene rings is 1. The third-order valence-corrected chi connectivity index (χ3v) is 5.12. The first-order valence-electron chi connectivity index (χ1n) is 10.5. The van der Waals surface area contributed by atoms with Crippen LogP contribution in [0.3, 0.4) is 0 Å². The number of carbonyl (C=O) groups excluding carboxylic acids is 2. The van der Waals surface area contributed by atoms with Crippen molar-refractivity contribution in [1.82, 2.24) is 14.9 Å². The molecular formula is C24H24N4O4. The predicted molar refractivity (Wildman–Crippen MR) is 119 cm³/mol. The number of ether oxygens (including phenoxy) is 2. The molecule has 0 atom stereocenters. The van der Waals surface area contributed by atoms with Crippen LogP contribution in [0, 0.1) is 0 Å². The number of nitrogens with zero attached hydrogens (tertiary/aromatic N) is 4. The molecule has 1 saturated heterocycles. The molecule has 3 aromatic rings. The van der Waals surface area contributed by atoms with E-state index in [0.717, 1.165) is 5.82 Å². The zero-order chi connectivity index (χ0) is 22.3. The van der Waals surface area contributed by atoms with Crippen molar-refractivity contribution in [1.29, 1.82) is 0 Å². The molecule has 0 saturated carbocycles. The Labute approximate surface area is 186 Å². The average Bonchev–Trinajstić information content (AvgIpc) is 2.85. The highest BCUT2D eigenvalue weighted by Crippen LogP contribution is 2.22. The molecule has 0 spiro atoms. The van der Waals surface area contributed by atoms with Gasteiger partial charge in [-0.05, 0) is 55.5 Å². The number of hydrogen-bond acceptors (Lipinski definition) is 7. The van der Waals surface area contributed by atoms with Gasteiger partial charge in [0, 0.05) is 44.1 Å². The monoisotopic (exact) mass is 432 g/mol. The van der Waals surface area contributed by atoms with Crippen LogP contribution in [0.5, 0.6) is 11.5 Å². The van der Waals surface area contributed by atoms with E-state index in [1.54, 1.807) is 55.7 Å². The fourth-order valence-corrected chi connectivity index (χ4v) is 3.44. The van der Waals surface area contributed by atoms with Crippen LogP contribution in [0.25, 0.3) is 0 Å². The lowest BCUT2D eigenvalue weighted by Crippen LogP contribution is -2.49. The van der Waals surface area contributed by atoms with Gasteiger partial charge in [0.1, 0.15) is 17.3 Å². The van der Waals surface area contributed by atoms with Crippen molar-refractivity contribution in [2.75, 3.05) is 37.7 Å². The Kier molecular flexibility index (Phi) is 6.60. The average molecular weight is 432 g/mol. The smallest absolute Gasteiger partial charge is 0.339 e. The summed E-state index contributed by atoms with van der Waals surface area (Å²) in [6.07, 6.45) is 4.85. The topological polar surface area (TPSA) is 84.9 Å². The zero-order valence-corrected chi connectivity index (χ0v) is 17.8. The second-order valence-electron chi connectivity index (χ2n) is 7.22. The summed E-state index contributed by atoms with van der Waals surface area (Å²) >= 11 is 0. The van der Waals surface area contributed by atoms with Crippen molar-refractivity contribution in [2.24, 2.45) is 0 Å². The SMILES string of the molecule is CCOC(=O)c1ccc(N2CCN(C(=O)c3ccc(Oc4cccnc4)cc3)CC2)nc1. The van der Waals surface area contributed by atoms with E-state index < -0.39 is 0 Å². The minimum Gasteiger partial charge on any atom is -0.462 e. The van der Waals surface area contributed by atoms with Gasteiger partial charge in [0.25, 0.3) is 5.91 Å². The first kappa shape index (κ1) is 21.3. The summed E-state index contributed by atoms with van der Waals surface area (Å²) in [6.45, 7) is 4.61. The molecule has 0 bridgehead atoms. The molecule has 2 aromatic heterocycles. The maximum atomic E-state index is 12.9. The molecule has 8 heteroatoms. The Morgan fingerprint density at radius 1 is 0.906 bits per heavy atom. The molecule has 1 amide bonds. The molecule has 0 unspecified atom stereocenters. The molecule has 0 radical (unpaired) electrons. The Bertz CT molecular complexity index is 1050. The van der Waals surface area contributed by atoms with E-state index >= 15 is 0 Å². The summed E-state index contributed by atoms with van der Waals surface area (Å²) < 4.78 is 10.7. The van der Waals surface area contributed by atoms with Crippen molar-refractivity contribution in [3.63, 3.8) is 0 Å². The van der Waals surface area contributed by atoms with E-state index in [9.17, 15) is 9.59 Å². The zero-order valence-electron chi connectivity index (χ0n) is 17.8. The normalized spacial score (nSPS) is 13.5. The number of piperazine rings is 1. The van der Waals surface area contributed by atoms with Gasteiger partial charge < -0.3 is 19.3 Å². The summed E-state index contributed by atoms with van der Waals surface area (Å²) in [7, 11) is 0. The number of pyridine rings is 2. The number of esters is 1. The number of anilines is 1. The third kappa shape index (κ3) is 5.03. The highest BCUT2D eigenvalue weighted by molar-refractivity contribution is 5.94. The van der Waals surface area contributed by atoms with E-state index in [4.69, 9.17) is 9.47 Å². The minimum absolute atomic E-state index is 0.0109. The number of carbonyl (C=O) groups is 2. The molecule has 164 valence electrons. The van der Waals surface area contributed by atoms with Gasteiger partial charge in [-0.3, -0.25) is 9.78 Å². The molecule has 32 heavy (non-hydrogen) atoms. The van der Waals surface area contributed by atoms with Crippen molar-refractivity contribution in [3.05, 3.63) is 78.2 Å². The quantitative estimate of drug-likeness (QED) is 0.552. The molecule has 1 aliphatic rings. The van der Waals surface area contributed by atoms with Gasteiger partial charge in [-0.25, -0.2) is 9.78 Å². The third-order valence-electron chi connectivity index (χ3n) is 5.12. The molecular weight excluding hydrogens is 408 g/mol. The summed E-state index contributed by atoms with van der Waals surface area (Å²) in [5.41, 5.74) is 1.05. The van der Waals surface area contributed by atoms with Gasteiger partial charge in [-0.1, -0.05) is 0 Å². The van der Waals surface area contributed by atoms with Gasteiger partial charge in [-0.2, -0.15) is 0 Å². The fraction of sp³-hybridized carbons (Fsp3) is 0.250. The second-order valence-corrected chi connectivity index (χ2v) is 7.22. The summed E-state index contributed by atoms with van der Waals surface area (Å²) in [5.74, 6) is 1.69. The van der Waals surface area contributed by atoms with Crippen LogP contribution in [0.15, 0.2) is 67.1 Å². The fourth-order valence-electron chi connectivity index (χ4n) is 3.44. The van der Waals surface area contributed by atoms with Crippen LogP contribution < -0.4 is 9.64 Å². The van der Waals surface area contributed by atoms with E-state index in [1.807, 2.05) is 17.0 Å².